The normalized spacial score (nSPS) is 11.2. The van der Waals surface area contributed by atoms with Gasteiger partial charge in [-0.05, 0) is 18.6 Å². The first-order valence-corrected chi connectivity index (χ1v) is 6.86. The lowest BCUT2D eigenvalue weighted by Crippen LogP contribution is -2.18. The zero-order chi connectivity index (χ0) is 14.0. The van der Waals surface area contributed by atoms with Crippen molar-refractivity contribution in [2.24, 2.45) is 5.73 Å². The van der Waals surface area contributed by atoms with Crippen molar-refractivity contribution in [1.29, 1.82) is 5.41 Å². The van der Waals surface area contributed by atoms with E-state index in [1.165, 1.54) is 12.3 Å². The molecule has 1 aromatic carbocycles. The molecule has 0 aliphatic heterocycles. The third kappa shape index (κ3) is 2.58. The summed E-state index contributed by atoms with van der Waals surface area (Å²) in [5.74, 6) is -0.188. The first kappa shape index (κ1) is 13.1. The van der Waals surface area contributed by atoms with E-state index in [9.17, 15) is 8.42 Å². The van der Waals surface area contributed by atoms with Gasteiger partial charge in [0.15, 0.2) is 0 Å². The first-order valence-electron chi connectivity index (χ1n) is 5.38. The van der Waals surface area contributed by atoms with E-state index in [1.54, 1.807) is 25.1 Å². The molecule has 0 saturated heterocycles. The van der Waals surface area contributed by atoms with Crippen molar-refractivity contribution in [2.75, 3.05) is 4.72 Å². The Kier molecular flexibility index (Phi) is 3.26. The van der Waals surface area contributed by atoms with E-state index in [4.69, 9.17) is 11.1 Å². The molecule has 0 aliphatic carbocycles. The highest BCUT2D eigenvalue weighted by atomic mass is 32.2. The van der Waals surface area contributed by atoms with Gasteiger partial charge in [-0.3, -0.25) is 15.2 Å². The Morgan fingerprint density at radius 3 is 2.74 bits per heavy atom. The van der Waals surface area contributed by atoms with Crippen LogP contribution in [0.5, 0.6) is 0 Å². The van der Waals surface area contributed by atoms with Gasteiger partial charge in [0.05, 0.1) is 16.7 Å². The van der Waals surface area contributed by atoms with Gasteiger partial charge >= 0.3 is 0 Å². The lowest BCUT2D eigenvalue weighted by Gasteiger charge is -2.09. The number of hydrogen-bond donors (Lipinski definition) is 4. The van der Waals surface area contributed by atoms with Gasteiger partial charge in [-0.15, -0.1) is 0 Å². The van der Waals surface area contributed by atoms with E-state index in [-0.39, 0.29) is 22.1 Å². The maximum absolute atomic E-state index is 12.2. The fourth-order valence-corrected chi connectivity index (χ4v) is 2.90. The topological polar surface area (TPSA) is 125 Å². The monoisotopic (exact) mass is 279 g/mol. The van der Waals surface area contributed by atoms with Crippen molar-refractivity contribution in [3.8, 4) is 0 Å². The molecule has 0 unspecified atom stereocenters. The summed E-state index contributed by atoms with van der Waals surface area (Å²) in [7, 11) is -3.74. The number of nitrogens with two attached hydrogens (primary N) is 1. The number of anilines is 1. The maximum atomic E-state index is 12.2. The highest BCUT2D eigenvalue weighted by Gasteiger charge is 2.19. The largest absolute Gasteiger partial charge is 0.384 e. The smallest absolute Gasteiger partial charge is 0.263 e. The summed E-state index contributed by atoms with van der Waals surface area (Å²) in [5, 5.41) is 13.5. The number of hydrogen-bond acceptors (Lipinski definition) is 4. The molecule has 0 amide bonds. The Balaban J connectivity index is 2.40. The van der Waals surface area contributed by atoms with Gasteiger partial charge in [-0.2, -0.15) is 5.10 Å². The van der Waals surface area contributed by atoms with Gasteiger partial charge in [0.1, 0.15) is 11.7 Å². The number of benzene rings is 1. The number of nitrogens with one attached hydrogen (secondary N) is 3. The number of sulfonamides is 1. The minimum absolute atomic E-state index is 0.0794. The number of H-pyrrole nitrogens is 1. The molecule has 0 fully saturated rings. The van der Waals surface area contributed by atoms with Gasteiger partial charge in [0.2, 0.25) is 0 Å². The van der Waals surface area contributed by atoms with Crippen LogP contribution in [0.1, 0.15) is 11.1 Å². The van der Waals surface area contributed by atoms with E-state index in [0.29, 0.717) is 5.56 Å². The average molecular weight is 279 g/mol. The molecule has 0 bridgehead atoms. The van der Waals surface area contributed by atoms with Crippen LogP contribution in [0.4, 0.5) is 5.82 Å². The van der Waals surface area contributed by atoms with E-state index in [0.717, 1.165) is 0 Å². The van der Waals surface area contributed by atoms with Gasteiger partial charge in [-0.1, -0.05) is 18.2 Å². The van der Waals surface area contributed by atoms with Crippen molar-refractivity contribution in [3.63, 3.8) is 0 Å². The van der Waals surface area contributed by atoms with Crippen LogP contribution in [0.3, 0.4) is 0 Å². The second-order valence-corrected chi connectivity index (χ2v) is 5.59. The molecule has 2 rings (SSSR count). The molecule has 0 saturated carbocycles. The average Bonchev–Trinajstić information content (AvgIpc) is 2.76. The fraction of sp³-hybridized carbons (Fsp3) is 0.0909. The van der Waals surface area contributed by atoms with Gasteiger partial charge < -0.3 is 5.73 Å². The molecule has 1 heterocycles. The predicted molar refractivity (Wildman–Crippen MR) is 71.6 cm³/mol. The summed E-state index contributed by atoms with van der Waals surface area (Å²) in [6, 6.07) is 6.60. The number of aromatic nitrogens is 2. The molecule has 0 aliphatic rings. The van der Waals surface area contributed by atoms with Crippen LogP contribution in [-0.4, -0.2) is 24.5 Å². The standard InChI is InChI=1S/C11H13N5O2S/c1-7-4-2-3-5-9(7)19(17,18)16-11-8(10(12)13)6-14-15-11/h2-6H,1H3,(H3,12,13)(H2,14,15,16). The second-order valence-electron chi connectivity index (χ2n) is 3.94. The summed E-state index contributed by atoms with van der Waals surface area (Å²) in [6.45, 7) is 1.70. The first-order chi connectivity index (χ1) is 8.92. The molecule has 1 aromatic heterocycles. The summed E-state index contributed by atoms with van der Waals surface area (Å²) >= 11 is 0. The highest BCUT2D eigenvalue weighted by molar-refractivity contribution is 7.92. The highest BCUT2D eigenvalue weighted by Crippen LogP contribution is 2.19. The molecule has 0 atom stereocenters. The molecule has 0 radical (unpaired) electrons. The summed E-state index contributed by atoms with van der Waals surface area (Å²) in [6.07, 6.45) is 1.29. The van der Waals surface area contributed by atoms with Gasteiger partial charge in [-0.25, -0.2) is 8.42 Å². The van der Waals surface area contributed by atoms with E-state index >= 15 is 0 Å². The minimum Gasteiger partial charge on any atom is -0.384 e. The summed E-state index contributed by atoms with van der Waals surface area (Å²) < 4.78 is 26.8. The zero-order valence-corrected chi connectivity index (χ0v) is 11.0. The van der Waals surface area contributed by atoms with Crippen LogP contribution in [0.25, 0.3) is 0 Å². The minimum atomic E-state index is -3.74. The SMILES string of the molecule is Cc1ccccc1S(=O)(=O)Nc1[nH]ncc1C(=N)N. The van der Waals surface area contributed by atoms with E-state index in [2.05, 4.69) is 14.9 Å². The van der Waals surface area contributed by atoms with Crippen molar-refractivity contribution in [3.05, 3.63) is 41.6 Å². The van der Waals surface area contributed by atoms with Crippen LogP contribution >= 0.6 is 0 Å². The summed E-state index contributed by atoms with van der Waals surface area (Å²) in [4.78, 5) is 0.166. The molecule has 2 aromatic rings. The number of rotatable bonds is 4. The van der Waals surface area contributed by atoms with Gasteiger partial charge in [0, 0.05) is 0 Å². The Morgan fingerprint density at radius 2 is 2.11 bits per heavy atom. The van der Waals surface area contributed by atoms with Crippen LogP contribution in [0.2, 0.25) is 0 Å². The maximum Gasteiger partial charge on any atom is 0.263 e. The molecule has 7 nitrogen and oxygen atoms in total. The lowest BCUT2D eigenvalue weighted by atomic mass is 10.2. The predicted octanol–water partition coefficient (Wildman–Crippen LogP) is 0.803. The van der Waals surface area contributed by atoms with Crippen molar-refractivity contribution >= 4 is 21.7 Å². The van der Waals surface area contributed by atoms with Crippen molar-refractivity contribution < 1.29 is 8.42 Å². The van der Waals surface area contributed by atoms with Crippen molar-refractivity contribution in [2.45, 2.75) is 11.8 Å². The fourth-order valence-electron chi connectivity index (χ4n) is 1.62. The Hall–Kier alpha value is -2.35. The number of aryl methyl sites for hydroxylation is 1. The number of nitrogens with zero attached hydrogens (tertiary/aromatic N) is 1. The molecular formula is C11H13N5O2S. The second kappa shape index (κ2) is 4.73. The Morgan fingerprint density at radius 1 is 1.42 bits per heavy atom. The third-order valence-corrected chi connectivity index (χ3v) is 4.06. The number of amidine groups is 1. The molecule has 0 spiro atoms. The van der Waals surface area contributed by atoms with E-state index in [1.807, 2.05) is 0 Å². The number of aromatic amines is 1. The van der Waals surface area contributed by atoms with E-state index < -0.39 is 10.0 Å². The van der Waals surface area contributed by atoms with Crippen LogP contribution < -0.4 is 10.5 Å². The van der Waals surface area contributed by atoms with Gasteiger partial charge in [0.25, 0.3) is 10.0 Å². The van der Waals surface area contributed by atoms with Crippen LogP contribution in [0, 0.1) is 12.3 Å². The van der Waals surface area contributed by atoms with Crippen LogP contribution in [0.15, 0.2) is 35.4 Å². The molecule has 5 N–H and O–H groups in total. The quantitative estimate of drug-likeness (QED) is 0.488. The molecule has 100 valence electrons. The zero-order valence-electron chi connectivity index (χ0n) is 10.1. The number of nitrogen functional groups attached to an aromatic ring is 1. The molecule has 8 heteroatoms. The molecule has 19 heavy (non-hydrogen) atoms. The Bertz CT molecular complexity index is 720. The molecular weight excluding hydrogens is 266 g/mol. The third-order valence-electron chi connectivity index (χ3n) is 2.55. The lowest BCUT2D eigenvalue weighted by molar-refractivity contribution is 0.600. The Labute approximate surface area is 110 Å². The summed E-state index contributed by atoms with van der Waals surface area (Å²) in [5.41, 5.74) is 6.16. The van der Waals surface area contributed by atoms with Crippen molar-refractivity contribution in [1.82, 2.24) is 10.2 Å². The van der Waals surface area contributed by atoms with Crippen LogP contribution in [-0.2, 0) is 10.0 Å².